The lowest BCUT2D eigenvalue weighted by molar-refractivity contribution is 0.102. The largest absolute Gasteiger partial charge is 0.489 e. The number of anilines is 1. The molecule has 1 fully saturated rings. The van der Waals surface area contributed by atoms with Crippen molar-refractivity contribution in [2.45, 2.75) is 25.5 Å². The Bertz CT molecular complexity index is 908. The van der Waals surface area contributed by atoms with Crippen molar-refractivity contribution in [1.29, 1.82) is 0 Å². The number of nitrogens with one attached hydrogen (secondary N) is 2. The molecule has 0 bridgehead atoms. The molecule has 0 saturated carbocycles. The summed E-state index contributed by atoms with van der Waals surface area (Å²) in [6.45, 7) is 2.43. The number of hydrogen-bond acceptors (Lipinski definition) is 5. The normalized spacial score (nSPS) is 14.1. The molecular formula is C21H24ClN5O2. The molecule has 1 aliphatic heterocycles. The van der Waals surface area contributed by atoms with Crippen LogP contribution in [0.4, 0.5) is 5.69 Å². The van der Waals surface area contributed by atoms with Crippen molar-refractivity contribution < 1.29 is 9.53 Å². The highest BCUT2D eigenvalue weighted by atomic mass is 35.5. The van der Waals surface area contributed by atoms with Gasteiger partial charge in [0.2, 0.25) is 0 Å². The van der Waals surface area contributed by atoms with Crippen LogP contribution in [-0.4, -0.2) is 34.0 Å². The third kappa shape index (κ3) is 5.56. The van der Waals surface area contributed by atoms with Crippen LogP contribution in [-0.2, 0) is 6.61 Å². The number of aromatic nitrogens is 3. The van der Waals surface area contributed by atoms with Gasteiger partial charge in [0, 0.05) is 5.69 Å². The Morgan fingerprint density at radius 3 is 2.55 bits per heavy atom. The van der Waals surface area contributed by atoms with Gasteiger partial charge < -0.3 is 15.4 Å². The second kappa shape index (κ2) is 10.0. The van der Waals surface area contributed by atoms with Crippen LogP contribution in [0.1, 0.15) is 34.9 Å². The molecule has 3 aromatic rings. The summed E-state index contributed by atoms with van der Waals surface area (Å²) in [7, 11) is 0. The summed E-state index contributed by atoms with van der Waals surface area (Å²) in [6, 6.07) is 17.6. The first-order valence-corrected chi connectivity index (χ1v) is 9.48. The molecule has 8 heteroatoms. The van der Waals surface area contributed by atoms with Gasteiger partial charge in [-0.3, -0.25) is 4.79 Å². The molecule has 2 heterocycles. The van der Waals surface area contributed by atoms with E-state index >= 15 is 0 Å². The van der Waals surface area contributed by atoms with E-state index in [-0.39, 0.29) is 18.3 Å². The molecule has 2 N–H and O–H groups in total. The molecule has 4 rings (SSSR count). The Morgan fingerprint density at radius 2 is 1.83 bits per heavy atom. The van der Waals surface area contributed by atoms with Gasteiger partial charge in [0.25, 0.3) is 5.91 Å². The molecular weight excluding hydrogens is 390 g/mol. The fraction of sp³-hybridized carbons (Fsp3) is 0.286. The molecule has 7 nitrogen and oxygen atoms in total. The number of halogens is 1. The zero-order chi connectivity index (χ0) is 19.2. The van der Waals surface area contributed by atoms with Crippen molar-refractivity contribution in [3.8, 4) is 5.75 Å². The fourth-order valence-corrected chi connectivity index (χ4v) is 3.20. The number of amides is 1. The van der Waals surface area contributed by atoms with Gasteiger partial charge in [-0.05, 0) is 55.8 Å². The van der Waals surface area contributed by atoms with Gasteiger partial charge in [-0.15, -0.1) is 17.5 Å². The third-order valence-electron chi connectivity index (χ3n) is 4.79. The first-order valence-electron chi connectivity index (χ1n) is 9.48. The van der Waals surface area contributed by atoms with Crippen molar-refractivity contribution in [1.82, 2.24) is 20.3 Å². The Kier molecular flexibility index (Phi) is 7.21. The molecule has 0 aliphatic carbocycles. The predicted octanol–water partition coefficient (Wildman–Crippen LogP) is 3.46. The molecule has 1 aromatic heterocycles. The molecule has 2 aromatic carbocycles. The van der Waals surface area contributed by atoms with E-state index in [4.69, 9.17) is 4.74 Å². The second-order valence-corrected chi connectivity index (χ2v) is 6.82. The molecule has 0 atom stereocenters. The summed E-state index contributed by atoms with van der Waals surface area (Å²) in [5.74, 6) is 0.483. The maximum atomic E-state index is 12.4. The van der Waals surface area contributed by atoms with Gasteiger partial charge in [-0.2, -0.15) is 0 Å². The van der Waals surface area contributed by atoms with Crippen LogP contribution in [0, 0.1) is 0 Å². The maximum absolute atomic E-state index is 12.4. The van der Waals surface area contributed by atoms with Gasteiger partial charge in [0.1, 0.15) is 12.4 Å². The van der Waals surface area contributed by atoms with E-state index in [1.165, 1.54) is 0 Å². The monoisotopic (exact) mass is 413 g/mol. The summed E-state index contributed by atoms with van der Waals surface area (Å²) in [5, 5.41) is 14.3. The van der Waals surface area contributed by atoms with Gasteiger partial charge >= 0.3 is 0 Å². The first kappa shape index (κ1) is 20.8. The predicted molar refractivity (Wildman–Crippen MR) is 114 cm³/mol. The molecule has 152 valence electrons. The third-order valence-corrected chi connectivity index (χ3v) is 4.79. The minimum absolute atomic E-state index is 0. The average Bonchev–Trinajstić information content (AvgIpc) is 3.25. The number of carbonyl (C=O) groups excluding carboxylic acids is 1. The SMILES string of the molecule is Cl.O=C(Nc1ccc(OCc2ccccc2)cc1)c1cn(C2CCNCC2)nn1. The number of benzene rings is 2. The second-order valence-electron chi connectivity index (χ2n) is 6.82. The Labute approximate surface area is 175 Å². The zero-order valence-corrected chi connectivity index (χ0v) is 16.8. The van der Waals surface area contributed by atoms with E-state index in [1.54, 1.807) is 10.9 Å². The molecule has 0 unspecified atom stereocenters. The van der Waals surface area contributed by atoms with Crippen LogP contribution in [0.2, 0.25) is 0 Å². The topological polar surface area (TPSA) is 81.1 Å². The molecule has 29 heavy (non-hydrogen) atoms. The number of ether oxygens (including phenoxy) is 1. The number of piperidine rings is 1. The lowest BCUT2D eigenvalue weighted by Crippen LogP contribution is -2.29. The first-order chi connectivity index (χ1) is 13.8. The van der Waals surface area contributed by atoms with Crippen molar-refractivity contribution in [3.63, 3.8) is 0 Å². The Morgan fingerprint density at radius 1 is 1.10 bits per heavy atom. The highest BCUT2D eigenvalue weighted by Crippen LogP contribution is 2.19. The van der Waals surface area contributed by atoms with E-state index in [1.807, 2.05) is 54.6 Å². The lowest BCUT2D eigenvalue weighted by Gasteiger charge is -2.22. The van der Waals surface area contributed by atoms with E-state index in [0.29, 0.717) is 24.0 Å². The number of rotatable bonds is 6. The van der Waals surface area contributed by atoms with Crippen molar-refractivity contribution in [3.05, 3.63) is 72.1 Å². The fourth-order valence-electron chi connectivity index (χ4n) is 3.20. The maximum Gasteiger partial charge on any atom is 0.277 e. The summed E-state index contributed by atoms with van der Waals surface area (Å²) in [5.41, 5.74) is 2.12. The van der Waals surface area contributed by atoms with Crippen LogP contribution in [0.5, 0.6) is 5.75 Å². The summed E-state index contributed by atoms with van der Waals surface area (Å²) in [6.07, 6.45) is 3.71. The van der Waals surface area contributed by atoms with Gasteiger partial charge in [-0.1, -0.05) is 35.5 Å². The summed E-state index contributed by atoms with van der Waals surface area (Å²) >= 11 is 0. The Hall–Kier alpha value is -2.90. The minimum Gasteiger partial charge on any atom is -0.489 e. The van der Waals surface area contributed by atoms with Crippen molar-refractivity contribution in [2.75, 3.05) is 18.4 Å². The minimum atomic E-state index is -0.266. The van der Waals surface area contributed by atoms with Gasteiger partial charge in [-0.25, -0.2) is 4.68 Å². The molecule has 0 radical (unpaired) electrons. The summed E-state index contributed by atoms with van der Waals surface area (Å²) in [4.78, 5) is 12.4. The Balaban J connectivity index is 0.00000240. The molecule has 1 amide bonds. The molecule has 1 saturated heterocycles. The van der Waals surface area contributed by atoms with E-state index in [2.05, 4.69) is 20.9 Å². The van der Waals surface area contributed by atoms with E-state index < -0.39 is 0 Å². The number of nitrogens with zero attached hydrogens (tertiary/aromatic N) is 3. The smallest absolute Gasteiger partial charge is 0.277 e. The van der Waals surface area contributed by atoms with Crippen LogP contribution >= 0.6 is 12.4 Å². The van der Waals surface area contributed by atoms with Crippen LogP contribution < -0.4 is 15.4 Å². The zero-order valence-electron chi connectivity index (χ0n) is 16.0. The highest BCUT2D eigenvalue weighted by molar-refractivity contribution is 6.02. The summed E-state index contributed by atoms with van der Waals surface area (Å²) < 4.78 is 7.57. The van der Waals surface area contributed by atoms with Gasteiger partial charge in [0.15, 0.2) is 5.69 Å². The lowest BCUT2D eigenvalue weighted by atomic mass is 10.1. The van der Waals surface area contributed by atoms with E-state index in [9.17, 15) is 4.79 Å². The van der Waals surface area contributed by atoms with Crippen LogP contribution in [0.25, 0.3) is 0 Å². The van der Waals surface area contributed by atoms with Crippen molar-refractivity contribution in [2.24, 2.45) is 0 Å². The van der Waals surface area contributed by atoms with Crippen LogP contribution in [0.3, 0.4) is 0 Å². The van der Waals surface area contributed by atoms with Crippen LogP contribution in [0.15, 0.2) is 60.8 Å². The number of carbonyl (C=O) groups is 1. The number of hydrogen-bond donors (Lipinski definition) is 2. The van der Waals surface area contributed by atoms with Crippen molar-refractivity contribution >= 4 is 24.0 Å². The molecule has 0 spiro atoms. The molecule has 1 aliphatic rings. The van der Waals surface area contributed by atoms with Gasteiger partial charge in [0.05, 0.1) is 12.2 Å². The average molecular weight is 414 g/mol. The standard InChI is InChI=1S/C21H23N5O2.ClH/c27-21(20-14-26(25-24-20)18-10-12-22-13-11-18)23-17-6-8-19(9-7-17)28-15-16-4-2-1-3-5-16;/h1-9,14,18,22H,10-13,15H2,(H,23,27);1H. The van der Waals surface area contributed by atoms with E-state index in [0.717, 1.165) is 37.2 Å². The highest BCUT2D eigenvalue weighted by Gasteiger charge is 2.18. The quantitative estimate of drug-likeness (QED) is 0.646.